The van der Waals surface area contributed by atoms with Gasteiger partial charge in [0.15, 0.2) is 0 Å². The van der Waals surface area contributed by atoms with Crippen molar-refractivity contribution in [1.29, 1.82) is 0 Å². The Kier molecular flexibility index (Phi) is 8.61. The molecule has 0 unspecified atom stereocenters. The van der Waals surface area contributed by atoms with Gasteiger partial charge in [0.1, 0.15) is 5.78 Å². The van der Waals surface area contributed by atoms with Crippen LogP contribution in [0.4, 0.5) is 5.69 Å². The van der Waals surface area contributed by atoms with Crippen molar-refractivity contribution in [1.82, 2.24) is 0 Å². The second kappa shape index (κ2) is 10.7. The molecule has 0 bridgehead atoms. The quantitative estimate of drug-likeness (QED) is 0.481. The van der Waals surface area contributed by atoms with Gasteiger partial charge in [-0.1, -0.05) is 84.0 Å². The van der Waals surface area contributed by atoms with Gasteiger partial charge in [0.25, 0.3) is 0 Å². The lowest BCUT2D eigenvalue weighted by Gasteiger charge is -2.20. The predicted octanol–water partition coefficient (Wildman–Crippen LogP) is 6.86. The van der Waals surface area contributed by atoms with Crippen LogP contribution < -0.4 is 5.32 Å². The largest absolute Gasteiger partial charge is 0.326 e. The van der Waals surface area contributed by atoms with Gasteiger partial charge in [-0.3, -0.25) is 9.59 Å². The summed E-state index contributed by atoms with van der Waals surface area (Å²) >= 11 is 0. The third kappa shape index (κ3) is 9.95. The molecule has 31 heavy (non-hydrogen) atoms. The third-order valence-corrected chi connectivity index (χ3v) is 5.28. The van der Waals surface area contributed by atoms with Crippen molar-refractivity contribution in [2.75, 3.05) is 5.32 Å². The molecule has 0 radical (unpaired) electrons. The van der Waals surface area contributed by atoms with Gasteiger partial charge in [0.05, 0.1) is 0 Å². The van der Waals surface area contributed by atoms with E-state index in [1.807, 2.05) is 42.5 Å². The number of carbonyl (C=O) groups is 2. The zero-order valence-corrected chi connectivity index (χ0v) is 20.1. The Morgan fingerprint density at radius 3 is 1.97 bits per heavy atom. The number of anilines is 1. The summed E-state index contributed by atoms with van der Waals surface area (Å²) in [7, 11) is 0. The molecule has 0 aromatic heterocycles. The standard InChI is InChI=1S/C28H39NO2/c1-27(2,3)17-16-25(30)19-23(18-21-10-8-7-9-11-21)26(31)29-24-14-12-22(13-15-24)20-28(4,5)6/h7-15,23H,16-20H2,1-6H3,(H,29,31)/t23-/m0/s1. The van der Waals surface area contributed by atoms with Crippen LogP contribution in [0.3, 0.4) is 0 Å². The van der Waals surface area contributed by atoms with Crippen molar-refractivity contribution in [3.05, 3.63) is 65.7 Å². The van der Waals surface area contributed by atoms with Gasteiger partial charge in [0, 0.05) is 24.4 Å². The molecule has 2 rings (SSSR count). The minimum atomic E-state index is -0.371. The van der Waals surface area contributed by atoms with Crippen molar-refractivity contribution in [3.63, 3.8) is 0 Å². The Bertz CT molecular complexity index is 839. The van der Waals surface area contributed by atoms with E-state index in [1.54, 1.807) is 0 Å². The summed E-state index contributed by atoms with van der Waals surface area (Å²) in [6, 6.07) is 18.0. The molecule has 2 aromatic rings. The van der Waals surface area contributed by atoms with Gasteiger partial charge in [-0.05, 0) is 53.4 Å². The van der Waals surface area contributed by atoms with Crippen LogP contribution in [0.25, 0.3) is 0 Å². The molecule has 3 heteroatoms. The topological polar surface area (TPSA) is 46.2 Å². The zero-order valence-electron chi connectivity index (χ0n) is 20.1. The molecule has 0 saturated heterocycles. The highest BCUT2D eigenvalue weighted by molar-refractivity contribution is 5.95. The summed E-state index contributed by atoms with van der Waals surface area (Å²) in [5, 5.41) is 3.04. The summed E-state index contributed by atoms with van der Waals surface area (Å²) in [4.78, 5) is 25.7. The average Bonchev–Trinajstić information content (AvgIpc) is 2.66. The molecule has 2 aromatic carbocycles. The molecule has 1 N–H and O–H groups in total. The second-order valence-corrected chi connectivity index (χ2v) is 11.1. The fourth-order valence-electron chi connectivity index (χ4n) is 3.61. The lowest BCUT2D eigenvalue weighted by Crippen LogP contribution is -2.27. The molecule has 0 spiro atoms. The molecule has 1 amide bonds. The van der Waals surface area contributed by atoms with Gasteiger partial charge in [-0.2, -0.15) is 0 Å². The van der Waals surface area contributed by atoms with Crippen LogP contribution >= 0.6 is 0 Å². The third-order valence-electron chi connectivity index (χ3n) is 5.28. The summed E-state index contributed by atoms with van der Waals surface area (Å²) in [5.41, 5.74) is 3.44. The minimum absolute atomic E-state index is 0.0865. The number of hydrogen-bond donors (Lipinski definition) is 1. The van der Waals surface area contributed by atoms with Crippen LogP contribution in [0.5, 0.6) is 0 Å². The van der Waals surface area contributed by atoms with E-state index in [1.165, 1.54) is 5.56 Å². The highest BCUT2D eigenvalue weighted by Crippen LogP contribution is 2.24. The molecular weight excluding hydrogens is 382 g/mol. The Morgan fingerprint density at radius 2 is 1.42 bits per heavy atom. The van der Waals surface area contributed by atoms with Crippen LogP contribution in [0, 0.1) is 16.7 Å². The molecule has 1 atom stereocenters. The summed E-state index contributed by atoms with van der Waals surface area (Å²) < 4.78 is 0. The van der Waals surface area contributed by atoms with Crippen molar-refractivity contribution >= 4 is 17.4 Å². The first-order chi connectivity index (χ1) is 14.4. The maximum atomic E-state index is 13.1. The number of rotatable bonds is 9. The van der Waals surface area contributed by atoms with Crippen LogP contribution in [0.1, 0.15) is 71.9 Å². The molecule has 3 nitrogen and oxygen atoms in total. The number of amides is 1. The molecular formula is C28H39NO2. The number of nitrogens with one attached hydrogen (secondary N) is 1. The van der Waals surface area contributed by atoms with E-state index in [9.17, 15) is 9.59 Å². The number of hydrogen-bond acceptors (Lipinski definition) is 2. The summed E-state index contributed by atoms with van der Waals surface area (Å²) in [6.07, 6.45) is 3.18. The van der Waals surface area contributed by atoms with Crippen molar-refractivity contribution in [3.8, 4) is 0 Å². The Labute approximate surface area is 188 Å². The average molecular weight is 422 g/mol. The first-order valence-electron chi connectivity index (χ1n) is 11.4. The van der Waals surface area contributed by atoms with E-state index in [0.717, 1.165) is 24.1 Å². The number of ketones is 1. The first kappa shape index (κ1) is 24.8. The zero-order chi connectivity index (χ0) is 23.1. The van der Waals surface area contributed by atoms with Crippen LogP contribution in [-0.4, -0.2) is 11.7 Å². The molecule has 0 aliphatic rings. The SMILES string of the molecule is CC(C)(C)CCC(=O)C[C@H](Cc1ccccc1)C(=O)Nc1ccc(CC(C)(C)C)cc1. The van der Waals surface area contributed by atoms with Gasteiger partial charge in [0.2, 0.25) is 5.91 Å². The van der Waals surface area contributed by atoms with E-state index >= 15 is 0 Å². The van der Waals surface area contributed by atoms with Gasteiger partial charge in [-0.15, -0.1) is 0 Å². The molecule has 0 fully saturated rings. The monoisotopic (exact) mass is 421 g/mol. The molecule has 168 valence electrons. The summed E-state index contributed by atoms with van der Waals surface area (Å²) in [5.74, 6) is -0.299. The van der Waals surface area contributed by atoms with Crippen LogP contribution in [-0.2, 0) is 22.4 Å². The van der Waals surface area contributed by atoms with Gasteiger partial charge < -0.3 is 5.32 Å². The van der Waals surface area contributed by atoms with Crippen molar-refractivity contribution in [2.24, 2.45) is 16.7 Å². The molecule has 0 heterocycles. The maximum Gasteiger partial charge on any atom is 0.228 e. The van der Waals surface area contributed by atoms with E-state index in [-0.39, 0.29) is 34.9 Å². The molecule has 0 aliphatic carbocycles. The van der Waals surface area contributed by atoms with E-state index < -0.39 is 0 Å². The number of benzene rings is 2. The fourth-order valence-corrected chi connectivity index (χ4v) is 3.61. The normalized spacial score (nSPS) is 13.0. The Hall–Kier alpha value is -2.42. The van der Waals surface area contributed by atoms with Crippen LogP contribution in [0.2, 0.25) is 0 Å². The Balaban J connectivity index is 2.07. The van der Waals surface area contributed by atoms with Crippen molar-refractivity contribution in [2.45, 2.75) is 73.6 Å². The summed E-state index contributed by atoms with van der Waals surface area (Å²) in [6.45, 7) is 13.1. The van der Waals surface area contributed by atoms with Gasteiger partial charge >= 0.3 is 0 Å². The van der Waals surface area contributed by atoms with E-state index in [2.05, 4.69) is 59.0 Å². The number of carbonyl (C=O) groups excluding carboxylic acids is 2. The predicted molar refractivity (Wildman–Crippen MR) is 130 cm³/mol. The number of Topliss-reactive ketones (excluding diaryl/α,β-unsaturated/α-hetero) is 1. The van der Waals surface area contributed by atoms with Crippen LogP contribution in [0.15, 0.2) is 54.6 Å². The fraction of sp³-hybridized carbons (Fsp3) is 0.500. The second-order valence-electron chi connectivity index (χ2n) is 11.1. The smallest absolute Gasteiger partial charge is 0.228 e. The highest BCUT2D eigenvalue weighted by Gasteiger charge is 2.24. The first-order valence-corrected chi connectivity index (χ1v) is 11.4. The van der Waals surface area contributed by atoms with E-state index in [0.29, 0.717) is 12.8 Å². The minimum Gasteiger partial charge on any atom is -0.326 e. The maximum absolute atomic E-state index is 13.1. The Morgan fingerprint density at radius 1 is 0.806 bits per heavy atom. The highest BCUT2D eigenvalue weighted by atomic mass is 16.2. The molecule has 0 aliphatic heterocycles. The lowest BCUT2D eigenvalue weighted by atomic mass is 9.86. The van der Waals surface area contributed by atoms with E-state index in [4.69, 9.17) is 0 Å². The lowest BCUT2D eigenvalue weighted by molar-refractivity contribution is -0.126. The van der Waals surface area contributed by atoms with Crippen molar-refractivity contribution < 1.29 is 9.59 Å². The molecule has 0 saturated carbocycles. The van der Waals surface area contributed by atoms with Gasteiger partial charge in [-0.25, -0.2) is 0 Å².